The van der Waals surface area contributed by atoms with Gasteiger partial charge < -0.3 is 14.8 Å². The van der Waals surface area contributed by atoms with Crippen LogP contribution in [-0.2, 0) is 19.1 Å². The Morgan fingerprint density at radius 2 is 2.25 bits per heavy atom. The highest BCUT2D eigenvalue weighted by atomic mass is 16.6. The van der Waals surface area contributed by atoms with Gasteiger partial charge in [0.2, 0.25) is 5.91 Å². The standard InChI is InChI=1S/C7H11NO4/c1-3-6(9)8-5-12-7(10)4-11-2/h3H,1,4-5H2,2H3,(H,8,9). The molecule has 1 N–H and O–H groups in total. The number of carbonyl (C=O) groups excluding carboxylic acids is 2. The van der Waals surface area contributed by atoms with Crippen molar-refractivity contribution in [3.63, 3.8) is 0 Å². The Balaban J connectivity index is 3.36. The van der Waals surface area contributed by atoms with Gasteiger partial charge in [-0.2, -0.15) is 0 Å². The molecule has 0 saturated carbocycles. The van der Waals surface area contributed by atoms with Gasteiger partial charge in [-0.25, -0.2) is 4.79 Å². The number of amides is 1. The van der Waals surface area contributed by atoms with E-state index in [4.69, 9.17) is 0 Å². The lowest BCUT2D eigenvalue weighted by Crippen LogP contribution is -2.26. The van der Waals surface area contributed by atoms with Crippen LogP contribution < -0.4 is 5.32 Å². The zero-order valence-corrected chi connectivity index (χ0v) is 6.83. The van der Waals surface area contributed by atoms with E-state index in [1.807, 2.05) is 0 Å². The minimum atomic E-state index is -0.526. The molecule has 0 aliphatic carbocycles. The molecule has 0 unspecified atom stereocenters. The van der Waals surface area contributed by atoms with Crippen LogP contribution in [0.3, 0.4) is 0 Å². The lowest BCUT2D eigenvalue weighted by molar-refractivity contribution is -0.149. The molecule has 0 fully saturated rings. The van der Waals surface area contributed by atoms with Gasteiger partial charge in [0.05, 0.1) is 0 Å². The number of esters is 1. The van der Waals surface area contributed by atoms with Crippen molar-refractivity contribution in [3.8, 4) is 0 Å². The lowest BCUT2D eigenvalue weighted by Gasteiger charge is -2.03. The Morgan fingerprint density at radius 3 is 2.75 bits per heavy atom. The fraction of sp³-hybridized carbons (Fsp3) is 0.429. The summed E-state index contributed by atoms with van der Waals surface area (Å²) in [5, 5.41) is 2.27. The van der Waals surface area contributed by atoms with Gasteiger partial charge in [0.15, 0.2) is 6.73 Å². The largest absolute Gasteiger partial charge is 0.443 e. The van der Waals surface area contributed by atoms with Crippen LogP contribution in [0, 0.1) is 0 Å². The Labute approximate surface area is 70.3 Å². The van der Waals surface area contributed by atoms with E-state index in [0.717, 1.165) is 6.08 Å². The van der Waals surface area contributed by atoms with E-state index in [-0.39, 0.29) is 19.2 Å². The van der Waals surface area contributed by atoms with Gasteiger partial charge in [-0.15, -0.1) is 0 Å². The molecule has 0 aliphatic heterocycles. The quantitative estimate of drug-likeness (QED) is 0.343. The summed E-state index contributed by atoms with van der Waals surface area (Å²) in [5.41, 5.74) is 0. The molecule has 0 aromatic heterocycles. The number of hydrogen-bond donors (Lipinski definition) is 1. The molecule has 0 spiro atoms. The summed E-state index contributed by atoms with van der Waals surface area (Å²) in [5.74, 6) is -0.915. The average molecular weight is 173 g/mol. The first kappa shape index (κ1) is 10.6. The van der Waals surface area contributed by atoms with Crippen LogP contribution >= 0.6 is 0 Å². The average Bonchev–Trinajstić information content (AvgIpc) is 2.04. The molecule has 0 radical (unpaired) electrons. The van der Waals surface area contributed by atoms with Crippen LogP contribution in [0.25, 0.3) is 0 Å². The monoisotopic (exact) mass is 173 g/mol. The number of methoxy groups -OCH3 is 1. The Kier molecular flexibility index (Phi) is 5.64. The SMILES string of the molecule is C=CC(=O)NCOC(=O)COC. The van der Waals surface area contributed by atoms with Gasteiger partial charge in [0, 0.05) is 7.11 Å². The van der Waals surface area contributed by atoms with Crippen LogP contribution in [0.15, 0.2) is 12.7 Å². The van der Waals surface area contributed by atoms with E-state index in [1.54, 1.807) is 0 Å². The second-order valence-corrected chi connectivity index (χ2v) is 1.84. The smallest absolute Gasteiger partial charge is 0.333 e. The number of ether oxygens (including phenoxy) is 2. The molecule has 12 heavy (non-hydrogen) atoms. The van der Waals surface area contributed by atoms with Gasteiger partial charge >= 0.3 is 5.97 Å². The van der Waals surface area contributed by atoms with Crippen LogP contribution in [0.5, 0.6) is 0 Å². The van der Waals surface area contributed by atoms with Gasteiger partial charge in [-0.05, 0) is 6.08 Å². The van der Waals surface area contributed by atoms with Crippen LogP contribution in [0.4, 0.5) is 0 Å². The summed E-state index contributed by atoms with van der Waals surface area (Å²) in [6.45, 7) is 2.94. The van der Waals surface area contributed by atoms with Crippen molar-refractivity contribution in [1.82, 2.24) is 5.32 Å². The molecule has 0 atom stereocenters. The second-order valence-electron chi connectivity index (χ2n) is 1.84. The molecule has 0 aromatic rings. The lowest BCUT2D eigenvalue weighted by atomic mass is 10.6. The van der Waals surface area contributed by atoms with Crippen molar-refractivity contribution < 1.29 is 19.1 Å². The molecular formula is C7H11NO4. The molecule has 5 nitrogen and oxygen atoms in total. The van der Waals surface area contributed by atoms with E-state index in [1.165, 1.54) is 7.11 Å². The first-order chi connectivity index (χ1) is 5.70. The van der Waals surface area contributed by atoms with Crippen molar-refractivity contribution in [2.75, 3.05) is 20.4 Å². The van der Waals surface area contributed by atoms with Gasteiger partial charge in [0.25, 0.3) is 0 Å². The topological polar surface area (TPSA) is 64.6 Å². The molecule has 0 saturated heterocycles. The highest BCUT2D eigenvalue weighted by Crippen LogP contribution is 1.77. The number of hydrogen-bond acceptors (Lipinski definition) is 4. The molecular weight excluding hydrogens is 162 g/mol. The fourth-order valence-corrected chi connectivity index (χ4v) is 0.419. The van der Waals surface area contributed by atoms with E-state index in [0.29, 0.717) is 0 Å². The van der Waals surface area contributed by atoms with E-state index in [9.17, 15) is 9.59 Å². The van der Waals surface area contributed by atoms with E-state index in [2.05, 4.69) is 21.4 Å². The fourth-order valence-electron chi connectivity index (χ4n) is 0.419. The Morgan fingerprint density at radius 1 is 1.58 bits per heavy atom. The molecule has 5 heteroatoms. The molecule has 0 rings (SSSR count). The number of rotatable bonds is 5. The first-order valence-electron chi connectivity index (χ1n) is 3.25. The predicted octanol–water partition coefficient (Wildman–Crippen LogP) is -0.564. The maximum atomic E-state index is 10.6. The van der Waals surface area contributed by atoms with Crippen LogP contribution in [0.2, 0.25) is 0 Å². The normalized spacial score (nSPS) is 8.75. The Hall–Kier alpha value is -1.36. The van der Waals surface area contributed by atoms with Crippen LogP contribution in [-0.4, -0.2) is 32.3 Å². The van der Waals surface area contributed by atoms with E-state index < -0.39 is 5.97 Å². The highest BCUT2D eigenvalue weighted by Gasteiger charge is 2.00. The predicted molar refractivity (Wildman–Crippen MR) is 41.2 cm³/mol. The van der Waals surface area contributed by atoms with Crippen molar-refractivity contribution >= 4 is 11.9 Å². The third-order valence-corrected chi connectivity index (χ3v) is 0.927. The minimum absolute atomic E-state index is 0.121. The van der Waals surface area contributed by atoms with Crippen molar-refractivity contribution in [1.29, 1.82) is 0 Å². The second kappa shape index (κ2) is 6.36. The zero-order chi connectivity index (χ0) is 9.40. The van der Waals surface area contributed by atoms with Crippen molar-refractivity contribution in [3.05, 3.63) is 12.7 Å². The molecule has 0 heterocycles. The van der Waals surface area contributed by atoms with Gasteiger partial charge in [0.1, 0.15) is 6.61 Å². The summed E-state index contributed by atoms with van der Waals surface area (Å²) >= 11 is 0. The molecule has 1 amide bonds. The summed E-state index contributed by atoms with van der Waals surface area (Å²) < 4.78 is 8.99. The van der Waals surface area contributed by atoms with Gasteiger partial charge in [-0.1, -0.05) is 6.58 Å². The van der Waals surface area contributed by atoms with Gasteiger partial charge in [-0.3, -0.25) is 4.79 Å². The highest BCUT2D eigenvalue weighted by molar-refractivity contribution is 5.86. The maximum absolute atomic E-state index is 10.6. The third kappa shape index (κ3) is 5.43. The molecule has 68 valence electrons. The summed E-state index contributed by atoms with van der Waals surface area (Å²) in [6, 6.07) is 0. The third-order valence-electron chi connectivity index (χ3n) is 0.927. The molecule has 0 bridgehead atoms. The van der Waals surface area contributed by atoms with Crippen molar-refractivity contribution in [2.45, 2.75) is 0 Å². The van der Waals surface area contributed by atoms with Crippen LogP contribution in [0.1, 0.15) is 0 Å². The maximum Gasteiger partial charge on any atom is 0.333 e. The molecule has 0 aliphatic rings. The summed E-state index contributed by atoms with van der Waals surface area (Å²) in [4.78, 5) is 21.1. The summed E-state index contributed by atoms with van der Waals surface area (Å²) in [7, 11) is 1.38. The van der Waals surface area contributed by atoms with Crippen molar-refractivity contribution in [2.24, 2.45) is 0 Å². The zero-order valence-electron chi connectivity index (χ0n) is 6.83. The van der Waals surface area contributed by atoms with E-state index >= 15 is 0 Å². The first-order valence-corrected chi connectivity index (χ1v) is 3.25. The Bertz CT molecular complexity index is 178. The number of carbonyl (C=O) groups is 2. The molecule has 0 aromatic carbocycles. The summed E-state index contributed by atoms with van der Waals surface area (Å²) in [6.07, 6.45) is 1.09. The number of nitrogens with one attached hydrogen (secondary N) is 1. The minimum Gasteiger partial charge on any atom is -0.443 e.